The first-order valence-electron chi connectivity index (χ1n) is 15.4. The van der Waals surface area contributed by atoms with Crippen LogP contribution in [0.5, 0.6) is 0 Å². The molecule has 0 bridgehead atoms. The molecule has 0 saturated carbocycles. The lowest BCUT2D eigenvalue weighted by atomic mass is 9.56. The maximum absolute atomic E-state index is 13.9. The molecule has 0 aromatic heterocycles. The van der Waals surface area contributed by atoms with E-state index in [1.165, 1.54) is 11.1 Å². The fourth-order valence-electron chi connectivity index (χ4n) is 6.11. The zero-order valence-electron chi connectivity index (χ0n) is 28.6. The summed E-state index contributed by atoms with van der Waals surface area (Å²) < 4.78 is 0. The van der Waals surface area contributed by atoms with Crippen molar-refractivity contribution in [1.82, 2.24) is 0 Å². The lowest BCUT2D eigenvalue weighted by Gasteiger charge is -2.52. The van der Waals surface area contributed by atoms with Gasteiger partial charge >= 0.3 is 0 Å². The van der Waals surface area contributed by atoms with Crippen LogP contribution in [0.1, 0.15) is 141 Å². The molecule has 0 spiro atoms. The molecule has 4 nitrogen and oxygen atoms in total. The maximum Gasteiger partial charge on any atom is 0.128 e. The topological polar surface area (TPSA) is 80.9 Å². The van der Waals surface area contributed by atoms with Crippen LogP contribution in [0.4, 0.5) is 0 Å². The average molecular weight is 569 g/mol. The van der Waals surface area contributed by atoms with Crippen LogP contribution >= 0.6 is 0 Å². The van der Waals surface area contributed by atoms with Gasteiger partial charge in [0, 0.05) is 0 Å². The van der Waals surface area contributed by atoms with E-state index in [-0.39, 0.29) is 21.7 Å². The van der Waals surface area contributed by atoms with Crippen molar-refractivity contribution in [2.75, 3.05) is 19.8 Å². The van der Waals surface area contributed by atoms with Gasteiger partial charge in [0.15, 0.2) is 0 Å². The number of aryl methyl sites for hydroxylation is 2. The van der Waals surface area contributed by atoms with E-state index in [1.54, 1.807) is 0 Å². The molecular formula is C37H60O4. The Balaban J connectivity index is 3.60. The lowest BCUT2D eigenvalue weighted by Crippen LogP contribution is -2.57. The third-order valence-corrected chi connectivity index (χ3v) is 8.84. The fourth-order valence-corrected chi connectivity index (χ4v) is 6.11. The summed E-state index contributed by atoms with van der Waals surface area (Å²) in [7, 11) is 0. The molecule has 4 heteroatoms. The Hall–Kier alpha value is -1.72. The van der Waals surface area contributed by atoms with E-state index in [4.69, 9.17) is 0 Å². The van der Waals surface area contributed by atoms with Crippen LogP contribution in [0.3, 0.4) is 0 Å². The molecule has 2 aromatic rings. The third kappa shape index (κ3) is 6.47. The number of aliphatic hydroxyl groups excluding tert-OH is 3. The summed E-state index contributed by atoms with van der Waals surface area (Å²) in [6, 6.07) is 8.72. The van der Waals surface area contributed by atoms with Gasteiger partial charge in [-0.05, 0) is 79.0 Å². The Morgan fingerprint density at radius 2 is 0.683 bits per heavy atom. The van der Waals surface area contributed by atoms with Crippen LogP contribution < -0.4 is 0 Å². The molecular weight excluding hydrogens is 508 g/mol. The number of hydrogen-bond acceptors (Lipinski definition) is 4. The standard InChI is InChI=1S/C37H60O4/c1-15-24-17-26(32(3,4)5)30(27(18-24)33(6,7)8)37(41,36(21-38,22-39)23-40)31-28(34(9,10)11)19-25(16-2)20-29(31)35(12,13)14/h17-20,38-41H,15-16,21-23H2,1-14H3. The van der Waals surface area contributed by atoms with Crippen molar-refractivity contribution in [3.8, 4) is 0 Å². The second-order valence-electron chi connectivity index (χ2n) is 16.3. The molecule has 0 saturated heterocycles. The molecule has 0 unspecified atom stereocenters. The maximum atomic E-state index is 13.9. The first-order valence-corrected chi connectivity index (χ1v) is 15.4. The molecule has 0 radical (unpaired) electrons. The van der Waals surface area contributed by atoms with Crippen molar-refractivity contribution < 1.29 is 20.4 Å². The van der Waals surface area contributed by atoms with Crippen molar-refractivity contribution in [3.63, 3.8) is 0 Å². The molecule has 0 atom stereocenters. The van der Waals surface area contributed by atoms with E-state index in [0.717, 1.165) is 35.1 Å². The molecule has 232 valence electrons. The minimum Gasteiger partial charge on any atom is -0.395 e. The quantitative estimate of drug-likeness (QED) is 0.271. The summed E-state index contributed by atoms with van der Waals surface area (Å²) >= 11 is 0. The molecule has 0 aliphatic carbocycles. The SMILES string of the molecule is CCc1cc(C(C)(C)C)c(C(O)(c2c(C(C)(C)C)cc(CC)cc2C(C)(C)C)C(CO)(CO)CO)c(C(C)(C)C)c1. The first kappa shape index (κ1) is 35.5. The summed E-state index contributed by atoms with van der Waals surface area (Å²) in [4.78, 5) is 0. The van der Waals surface area contributed by atoms with Gasteiger partial charge in [0.25, 0.3) is 0 Å². The Morgan fingerprint density at radius 3 is 0.829 bits per heavy atom. The molecule has 4 N–H and O–H groups in total. The molecule has 2 rings (SSSR count). The highest BCUT2D eigenvalue weighted by Crippen LogP contribution is 2.55. The van der Waals surface area contributed by atoms with Crippen LogP contribution in [0.15, 0.2) is 24.3 Å². The average Bonchev–Trinajstić information content (AvgIpc) is 2.86. The highest BCUT2D eigenvalue weighted by Gasteiger charge is 2.57. The number of rotatable bonds is 8. The van der Waals surface area contributed by atoms with Gasteiger partial charge in [-0.2, -0.15) is 0 Å². The Morgan fingerprint density at radius 1 is 0.463 bits per heavy atom. The van der Waals surface area contributed by atoms with Gasteiger partial charge < -0.3 is 20.4 Å². The van der Waals surface area contributed by atoms with Crippen LogP contribution in [0.25, 0.3) is 0 Å². The second-order valence-corrected chi connectivity index (χ2v) is 16.3. The molecule has 0 heterocycles. The normalized spacial score (nSPS) is 14.1. The summed E-state index contributed by atoms with van der Waals surface area (Å²) in [6.45, 7) is 28.2. The highest BCUT2D eigenvalue weighted by molar-refractivity contribution is 5.60. The largest absolute Gasteiger partial charge is 0.395 e. The Bertz CT molecular complexity index is 1040. The van der Waals surface area contributed by atoms with Crippen LogP contribution in [0, 0.1) is 5.41 Å². The Labute approximate surface area is 251 Å². The van der Waals surface area contributed by atoms with Crippen molar-refractivity contribution in [2.24, 2.45) is 5.41 Å². The first-order chi connectivity index (χ1) is 18.5. The predicted molar refractivity (Wildman–Crippen MR) is 173 cm³/mol. The predicted octanol–water partition coefficient (Wildman–Crippen LogP) is 7.20. The minimum absolute atomic E-state index is 0.381. The zero-order valence-corrected chi connectivity index (χ0v) is 28.6. The number of hydrogen-bond donors (Lipinski definition) is 4. The Kier molecular flexibility index (Phi) is 10.2. The van der Waals surface area contributed by atoms with Gasteiger partial charge in [0.2, 0.25) is 0 Å². The van der Waals surface area contributed by atoms with Crippen molar-refractivity contribution >= 4 is 0 Å². The van der Waals surface area contributed by atoms with Gasteiger partial charge in [0.1, 0.15) is 5.60 Å². The molecule has 2 aromatic carbocycles. The molecule has 41 heavy (non-hydrogen) atoms. The summed E-state index contributed by atoms with van der Waals surface area (Å²) in [6.07, 6.45) is 1.67. The van der Waals surface area contributed by atoms with Crippen LogP contribution in [-0.2, 0) is 40.1 Å². The summed E-state index contributed by atoms with van der Waals surface area (Å²) in [5.41, 5.74) is 2.43. The van der Waals surface area contributed by atoms with Crippen molar-refractivity contribution in [1.29, 1.82) is 0 Å². The van der Waals surface area contributed by atoms with E-state index < -0.39 is 30.8 Å². The van der Waals surface area contributed by atoms with E-state index in [2.05, 4.69) is 121 Å². The highest BCUT2D eigenvalue weighted by atomic mass is 16.3. The minimum atomic E-state index is -1.93. The van der Waals surface area contributed by atoms with E-state index in [0.29, 0.717) is 11.1 Å². The van der Waals surface area contributed by atoms with Gasteiger partial charge in [-0.25, -0.2) is 0 Å². The summed E-state index contributed by atoms with van der Waals surface area (Å²) in [5.74, 6) is 0. The monoisotopic (exact) mass is 568 g/mol. The van der Waals surface area contributed by atoms with Crippen molar-refractivity contribution in [2.45, 2.75) is 137 Å². The molecule has 0 aliphatic heterocycles. The van der Waals surface area contributed by atoms with E-state index in [1.807, 2.05) is 0 Å². The van der Waals surface area contributed by atoms with E-state index in [9.17, 15) is 20.4 Å². The fraction of sp³-hybridized carbons (Fsp3) is 0.676. The van der Waals surface area contributed by atoms with Gasteiger partial charge in [-0.15, -0.1) is 0 Å². The van der Waals surface area contributed by atoms with E-state index >= 15 is 0 Å². The van der Waals surface area contributed by atoms with Gasteiger partial charge in [-0.1, -0.05) is 121 Å². The third-order valence-electron chi connectivity index (χ3n) is 8.84. The molecule has 0 fully saturated rings. The second kappa shape index (κ2) is 11.8. The number of aliphatic hydroxyl groups is 4. The zero-order chi connectivity index (χ0) is 32.0. The summed E-state index contributed by atoms with van der Waals surface area (Å²) in [5, 5.41) is 47.3. The molecule has 0 amide bonds. The van der Waals surface area contributed by atoms with Crippen LogP contribution in [-0.4, -0.2) is 40.2 Å². The van der Waals surface area contributed by atoms with Crippen LogP contribution in [0.2, 0.25) is 0 Å². The molecule has 0 aliphatic rings. The lowest BCUT2D eigenvalue weighted by molar-refractivity contribution is -0.138. The van der Waals surface area contributed by atoms with Crippen molar-refractivity contribution in [3.05, 3.63) is 68.8 Å². The van der Waals surface area contributed by atoms with Gasteiger partial charge in [0.05, 0.1) is 25.2 Å². The smallest absolute Gasteiger partial charge is 0.128 e. The van der Waals surface area contributed by atoms with Gasteiger partial charge in [-0.3, -0.25) is 0 Å². The number of benzene rings is 2.